The molecule has 0 unspecified atom stereocenters. The number of allylic oxidation sites excluding steroid dienone is 2. The SMILES string of the molecule is CC(=O)/C=C(/C)O.C[Si](C)(C)c1cc(-c2ncc3c(n2)-c2ccccc2CC3)[c-]c2ccccc12.[Ir]. The maximum absolute atomic E-state index is 10.0. The predicted octanol–water partition coefficient (Wildman–Crippen LogP) is 6.44. The molecular formula is C30H31IrN2O2Si-. The molecule has 3 aromatic carbocycles. The molecule has 36 heavy (non-hydrogen) atoms. The normalized spacial score (nSPS) is 12.5. The van der Waals surface area contributed by atoms with Crippen LogP contribution in [0.3, 0.4) is 0 Å². The standard InChI is InChI=1S/C25H23N2Si.C5H8O2.Ir/c1-28(2,3)23-15-20(14-18-9-5-6-10-21(18)23)25-26-16-19-13-12-17-8-4-7-11-22(17)24(19)27-25;1-4(6)3-5(2)7;/h4-11,15-16H,12-13H2,1-3H3;3,6H,1-2H3;/q-1;;/b;4-3-;. The van der Waals surface area contributed by atoms with Crippen molar-refractivity contribution < 1.29 is 30.0 Å². The first kappa shape index (κ1) is 27.7. The zero-order valence-electron chi connectivity index (χ0n) is 21.3. The molecular weight excluding hydrogens is 641 g/mol. The van der Waals surface area contributed by atoms with E-state index in [-0.39, 0.29) is 31.6 Å². The zero-order valence-corrected chi connectivity index (χ0v) is 24.7. The molecule has 4 nitrogen and oxygen atoms in total. The molecule has 0 spiro atoms. The van der Waals surface area contributed by atoms with E-state index < -0.39 is 8.07 Å². The van der Waals surface area contributed by atoms with Gasteiger partial charge in [0, 0.05) is 37.9 Å². The van der Waals surface area contributed by atoms with Gasteiger partial charge in [-0.25, -0.2) is 0 Å². The topological polar surface area (TPSA) is 63.1 Å². The van der Waals surface area contributed by atoms with E-state index in [1.165, 1.54) is 47.2 Å². The van der Waals surface area contributed by atoms with Crippen LogP contribution in [0, 0.1) is 6.07 Å². The van der Waals surface area contributed by atoms with E-state index in [4.69, 9.17) is 15.1 Å². The van der Waals surface area contributed by atoms with Crippen LogP contribution >= 0.6 is 0 Å². The van der Waals surface area contributed by atoms with Crippen LogP contribution in [0.5, 0.6) is 0 Å². The number of aliphatic hydroxyl groups is 1. The second-order valence-electron chi connectivity index (χ2n) is 10.0. The number of nitrogens with zero attached hydrogens (tertiary/aromatic N) is 2. The Labute approximate surface area is 227 Å². The Bertz CT molecular complexity index is 1440. The van der Waals surface area contributed by atoms with Crippen LogP contribution in [0.4, 0.5) is 0 Å². The van der Waals surface area contributed by atoms with Crippen molar-refractivity contribution in [1.82, 2.24) is 9.97 Å². The van der Waals surface area contributed by atoms with Gasteiger partial charge < -0.3 is 5.11 Å². The fourth-order valence-electron chi connectivity index (χ4n) is 4.46. The van der Waals surface area contributed by atoms with E-state index >= 15 is 0 Å². The number of benzene rings is 3. The maximum Gasteiger partial charge on any atom is 0.155 e. The van der Waals surface area contributed by atoms with Crippen molar-refractivity contribution in [1.29, 1.82) is 0 Å². The van der Waals surface area contributed by atoms with E-state index in [1.807, 2.05) is 6.20 Å². The summed E-state index contributed by atoms with van der Waals surface area (Å²) in [6, 6.07) is 23.0. The molecule has 1 heterocycles. The molecule has 4 aromatic rings. The second kappa shape index (κ2) is 11.4. The third-order valence-electron chi connectivity index (χ3n) is 6.04. The van der Waals surface area contributed by atoms with Gasteiger partial charge in [0.2, 0.25) is 0 Å². The molecule has 0 saturated carbocycles. The molecule has 1 aromatic heterocycles. The van der Waals surface area contributed by atoms with Crippen molar-refractivity contribution in [3.05, 3.63) is 89.8 Å². The minimum Gasteiger partial charge on any atom is -0.512 e. The molecule has 0 amide bonds. The average Bonchev–Trinajstić information content (AvgIpc) is 2.82. The summed E-state index contributed by atoms with van der Waals surface area (Å²) in [7, 11) is -1.52. The summed E-state index contributed by atoms with van der Waals surface area (Å²) >= 11 is 0. The fraction of sp³-hybridized carbons (Fsp3) is 0.233. The van der Waals surface area contributed by atoms with Gasteiger partial charge in [0.25, 0.3) is 0 Å². The third kappa shape index (κ3) is 6.25. The Morgan fingerprint density at radius 3 is 2.33 bits per heavy atom. The van der Waals surface area contributed by atoms with Crippen LogP contribution in [0.2, 0.25) is 19.6 Å². The van der Waals surface area contributed by atoms with Crippen LogP contribution in [-0.4, -0.2) is 28.9 Å². The number of carbonyl (C=O) groups excluding carboxylic acids is 1. The minimum atomic E-state index is -1.52. The number of ketones is 1. The van der Waals surface area contributed by atoms with Gasteiger partial charge in [-0.1, -0.05) is 73.1 Å². The monoisotopic (exact) mass is 672 g/mol. The summed E-state index contributed by atoms with van der Waals surface area (Å²) in [5, 5.41) is 12.3. The number of carbonyl (C=O) groups is 1. The number of fused-ring (bicyclic) bond motifs is 4. The first-order valence-electron chi connectivity index (χ1n) is 11.9. The van der Waals surface area contributed by atoms with E-state index in [2.05, 4.69) is 80.3 Å². The van der Waals surface area contributed by atoms with Gasteiger partial charge in [0.15, 0.2) is 5.78 Å². The number of hydrogen-bond donors (Lipinski definition) is 1. The average molecular weight is 672 g/mol. The Balaban J connectivity index is 0.000000400. The van der Waals surface area contributed by atoms with Gasteiger partial charge in [-0.2, -0.15) is 0 Å². The minimum absolute atomic E-state index is 0. The van der Waals surface area contributed by atoms with Gasteiger partial charge in [-0.05, 0) is 37.8 Å². The van der Waals surface area contributed by atoms with E-state index in [0.29, 0.717) is 0 Å². The van der Waals surface area contributed by atoms with Gasteiger partial charge in [-0.15, -0.1) is 28.8 Å². The number of aromatic nitrogens is 2. The summed E-state index contributed by atoms with van der Waals surface area (Å²) in [6.45, 7) is 10.0. The Morgan fingerprint density at radius 2 is 1.67 bits per heavy atom. The number of aliphatic hydroxyl groups excluding tert-OH is 1. The maximum atomic E-state index is 10.0. The summed E-state index contributed by atoms with van der Waals surface area (Å²) in [5.74, 6) is 0.716. The quantitative estimate of drug-likeness (QED) is 0.118. The third-order valence-corrected chi connectivity index (χ3v) is 8.07. The number of hydrogen-bond acceptors (Lipinski definition) is 4. The van der Waals surface area contributed by atoms with Crippen molar-refractivity contribution in [3.8, 4) is 22.6 Å². The Hall–Kier alpha value is -2.92. The van der Waals surface area contributed by atoms with Crippen LogP contribution in [-0.2, 0) is 37.7 Å². The van der Waals surface area contributed by atoms with Crippen LogP contribution < -0.4 is 5.19 Å². The molecule has 0 bridgehead atoms. The summed E-state index contributed by atoms with van der Waals surface area (Å²) in [5.41, 5.74) is 5.96. The van der Waals surface area contributed by atoms with Gasteiger partial charge >= 0.3 is 0 Å². The van der Waals surface area contributed by atoms with Crippen LogP contribution in [0.15, 0.2) is 72.6 Å². The molecule has 0 aliphatic heterocycles. The number of rotatable bonds is 3. The van der Waals surface area contributed by atoms with Crippen molar-refractivity contribution in [2.45, 2.75) is 46.3 Å². The molecule has 1 aliphatic rings. The molecule has 0 saturated heterocycles. The first-order chi connectivity index (χ1) is 16.6. The molecule has 1 aliphatic carbocycles. The first-order valence-corrected chi connectivity index (χ1v) is 15.4. The van der Waals surface area contributed by atoms with Gasteiger partial charge in [0.05, 0.1) is 25.4 Å². The second-order valence-corrected chi connectivity index (χ2v) is 15.1. The molecule has 1 radical (unpaired) electrons. The predicted molar refractivity (Wildman–Crippen MR) is 147 cm³/mol. The Kier molecular flexibility index (Phi) is 8.78. The summed E-state index contributed by atoms with van der Waals surface area (Å²) in [4.78, 5) is 19.8. The van der Waals surface area contributed by atoms with Crippen LogP contribution in [0.25, 0.3) is 33.4 Å². The summed E-state index contributed by atoms with van der Waals surface area (Å²) in [6.07, 6.45) is 5.26. The van der Waals surface area contributed by atoms with Crippen molar-refractivity contribution in [2.75, 3.05) is 0 Å². The van der Waals surface area contributed by atoms with E-state index in [1.54, 1.807) is 0 Å². The van der Waals surface area contributed by atoms with Crippen LogP contribution in [0.1, 0.15) is 25.0 Å². The smallest absolute Gasteiger partial charge is 0.155 e. The molecule has 187 valence electrons. The molecule has 1 N–H and O–H groups in total. The molecule has 6 heteroatoms. The van der Waals surface area contributed by atoms with Crippen molar-refractivity contribution in [2.24, 2.45) is 0 Å². The Morgan fingerprint density at radius 1 is 1.00 bits per heavy atom. The summed E-state index contributed by atoms with van der Waals surface area (Å²) < 4.78 is 0. The largest absolute Gasteiger partial charge is 0.512 e. The molecule has 0 fully saturated rings. The van der Waals surface area contributed by atoms with Crippen molar-refractivity contribution >= 4 is 29.8 Å². The van der Waals surface area contributed by atoms with E-state index in [9.17, 15) is 4.79 Å². The van der Waals surface area contributed by atoms with Crippen molar-refractivity contribution in [3.63, 3.8) is 0 Å². The zero-order chi connectivity index (χ0) is 25.2. The molecule has 0 atom stereocenters. The van der Waals surface area contributed by atoms with Gasteiger partial charge in [-0.3, -0.25) is 14.8 Å². The van der Waals surface area contributed by atoms with Gasteiger partial charge in [0.1, 0.15) is 0 Å². The fourth-order valence-corrected chi connectivity index (χ4v) is 6.06. The number of aryl methyl sites for hydroxylation is 2. The molecule has 5 rings (SSSR count). The van der Waals surface area contributed by atoms with E-state index in [0.717, 1.165) is 35.3 Å².